The van der Waals surface area contributed by atoms with E-state index in [1.165, 1.54) is 0 Å². The Morgan fingerprint density at radius 2 is 2.10 bits per heavy atom. The van der Waals surface area contributed by atoms with Crippen molar-refractivity contribution in [1.29, 1.82) is 0 Å². The van der Waals surface area contributed by atoms with Crippen LogP contribution in [0.1, 0.15) is 55.1 Å². The quantitative estimate of drug-likeness (QED) is 0.871. The summed E-state index contributed by atoms with van der Waals surface area (Å²) in [5.74, 6) is -0.486. The maximum atomic E-state index is 12.7. The molecule has 2 heterocycles. The number of halogens is 1. The van der Waals surface area contributed by atoms with Crippen molar-refractivity contribution in [3.05, 3.63) is 28.5 Å². The zero-order chi connectivity index (χ0) is 15.6. The Bertz CT molecular complexity index is 560. The minimum atomic E-state index is -0.527. The van der Waals surface area contributed by atoms with Crippen molar-refractivity contribution in [2.24, 2.45) is 5.73 Å². The van der Waals surface area contributed by atoms with Gasteiger partial charge in [-0.25, -0.2) is 4.98 Å². The first kappa shape index (κ1) is 15.8. The van der Waals surface area contributed by atoms with Crippen LogP contribution >= 0.6 is 11.6 Å². The molecule has 1 aliphatic rings. The van der Waals surface area contributed by atoms with Crippen LogP contribution in [0.15, 0.2) is 12.1 Å². The molecule has 2 N–H and O–H groups in total. The number of hydrogen-bond donors (Lipinski definition) is 1. The van der Waals surface area contributed by atoms with Crippen molar-refractivity contribution in [1.82, 2.24) is 9.88 Å². The van der Waals surface area contributed by atoms with Crippen LogP contribution in [0.3, 0.4) is 0 Å². The lowest BCUT2D eigenvalue weighted by atomic mass is 10.00. The molecule has 5 nitrogen and oxygen atoms in total. The SMILES string of the molecule is CC(C)c1cc(C(=O)N2CCCCC2C(N)=O)cc(Cl)n1. The summed E-state index contributed by atoms with van der Waals surface area (Å²) in [7, 11) is 0. The third kappa shape index (κ3) is 3.53. The van der Waals surface area contributed by atoms with Crippen LogP contribution in [0, 0.1) is 0 Å². The van der Waals surface area contributed by atoms with Gasteiger partial charge in [0.25, 0.3) is 5.91 Å². The van der Waals surface area contributed by atoms with Gasteiger partial charge in [-0.2, -0.15) is 0 Å². The molecule has 6 heteroatoms. The molecule has 1 saturated heterocycles. The van der Waals surface area contributed by atoms with Crippen LogP contribution in [0.25, 0.3) is 0 Å². The van der Waals surface area contributed by atoms with E-state index in [2.05, 4.69) is 4.98 Å². The molecule has 0 bridgehead atoms. The summed E-state index contributed by atoms with van der Waals surface area (Å²) in [6, 6.07) is 2.76. The number of likely N-dealkylation sites (tertiary alicyclic amines) is 1. The van der Waals surface area contributed by atoms with Gasteiger partial charge in [-0.15, -0.1) is 0 Å². The lowest BCUT2D eigenvalue weighted by Gasteiger charge is -2.33. The number of primary amides is 1. The molecule has 1 aromatic heterocycles. The van der Waals surface area contributed by atoms with Gasteiger partial charge >= 0.3 is 0 Å². The van der Waals surface area contributed by atoms with Gasteiger partial charge in [0.1, 0.15) is 11.2 Å². The smallest absolute Gasteiger partial charge is 0.254 e. The van der Waals surface area contributed by atoms with Gasteiger partial charge in [-0.3, -0.25) is 9.59 Å². The highest BCUT2D eigenvalue weighted by Gasteiger charge is 2.31. The van der Waals surface area contributed by atoms with E-state index >= 15 is 0 Å². The van der Waals surface area contributed by atoms with Crippen molar-refractivity contribution in [2.45, 2.75) is 45.1 Å². The van der Waals surface area contributed by atoms with Crippen LogP contribution in [-0.4, -0.2) is 34.3 Å². The summed E-state index contributed by atoms with van der Waals surface area (Å²) < 4.78 is 0. The second kappa shape index (κ2) is 6.43. The summed E-state index contributed by atoms with van der Waals surface area (Å²) in [4.78, 5) is 30.0. The fourth-order valence-corrected chi connectivity index (χ4v) is 2.79. The molecule has 1 atom stereocenters. The molecule has 0 aliphatic carbocycles. The molecule has 1 aliphatic heterocycles. The van der Waals surface area contributed by atoms with Crippen LogP contribution in [0.2, 0.25) is 5.15 Å². The Kier molecular flexibility index (Phi) is 4.83. The predicted molar refractivity (Wildman–Crippen MR) is 81.2 cm³/mol. The average molecular weight is 310 g/mol. The summed E-state index contributed by atoms with van der Waals surface area (Å²) in [5, 5.41) is 0.289. The van der Waals surface area contributed by atoms with Gasteiger partial charge < -0.3 is 10.6 Å². The Morgan fingerprint density at radius 1 is 1.38 bits per heavy atom. The van der Waals surface area contributed by atoms with E-state index in [-0.39, 0.29) is 17.0 Å². The monoisotopic (exact) mass is 309 g/mol. The molecule has 2 amide bonds. The summed E-state index contributed by atoms with van der Waals surface area (Å²) in [5.41, 5.74) is 6.64. The minimum absolute atomic E-state index is 0.170. The molecular formula is C15H20ClN3O2. The zero-order valence-corrected chi connectivity index (χ0v) is 13.1. The first-order valence-electron chi connectivity index (χ1n) is 7.18. The summed E-state index contributed by atoms with van der Waals surface area (Å²) in [6.45, 7) is 4.52. The number of carbonyl (C=O) groups is 2. The zero-order valence-electron chi connectivity index (χ0n) is 12.3. The Labute approximate surface area is 129 Å². The van der Waals surface area contributed by atoms with Gasteiger partial charge in [0, 0.05) is 17.8 Å². The normalized spacial score (nSPS) is 18.9. The van der Waals surface area contributed by atoms with E-state index in [0.717, 1.165) is 18.5 Å². The van der Waals surface area contributed by atoms with Gasteiger partial charge in [-0.05, 0) is 37.3 Å². The van der Waals surface area contributed by atoms with E-state index in [4.69, 9.17) is 17.3 Å². The maximum Gasteiger partial charge on any atom is 0.254 e. The largest absolute Gasteiger partial charge is 0.368 e. The van der Waals surface area contributed by atoms with Crippen LogP contribution < -0.4 is 5.73 Å². The Morgan fingerprint density at radius 3 is 2.71 bits per heavy atom. The number of rotatable bonds is 3. The van der Waals surface area contributed by atoms with Crippen molar-refractivity contribution >= 4 is 23.4 Å². The first-order chi connectivity index (χ1) is 9.90. The third-order valence-corrected chi connectivity index (χ3v) is 3.94. The molecule has 0 spiro atoms. The number of aromatic nitrogens is 1. The van der Waals surface area contributed by atoms with Crippen LogP contribution in [-0.2, 0) is 4.79 Å². The molecule has 0 saturated carbocycles. The molecular weight excluding hydrogens is 290 g/mol. The second-order valence-electron chi connectivity index (χ2n) is 5.67. The fraction of sp³-hybridized carbons (Fsp3) is 0.533. The van der Waals surface area contributed by atoms with Gasteiger partial charge in [0.15, 0.2) is 0 Å². The van der Waals surface area contributed by atoms with E-state index < -0.39 is 11.9 Å². The predicted octanol–water partition coefficient (Wildman–Crippen LogP) is 2.34. The number of piperidine rings is 1. The molecule has 1 fully saturated rings. The lowest BCUT2D eigenvalue weighted by molar-refractivity contribution is -0.123. The molecule has 1 unspecified atom stereocenters. The number of nitrogens with two attached hydrogens (primary N) is 1. The number of pyridine rings is 1. The second-order valence-corrected chi connectivity index (χ2v) is 6.06. The third-order valence-electron chi connectivity index (χ3n) is 3.74. The molecule has 114 valence electrons. The molecule has 21 heavy (non-hydrogen) atoms. The van der Waals surface area contributed by atoms with Gasteiger partial charge in [-0.1, -0.05) is 25.4 Å². The highest BCUT2D eigenvalue weighted by molar-refractivity contribution is 6.29. The van der Waals surface area contributed by atoms with Crippen LogP contribution in [0.5, 0.6) is 0 Å². The van der Waals surface area contributed by atoms with Crippen molar-refractivity contribution in [3.63, 3.8) is 0 Å². The van der Waals surface area contributed by atoms with E-state index in [1.807, 2.05) is 13.8 Å². The van der Waals surface area contributed by atoms with E-state index in [9.17, 15) is 9.59 Å². The van der Waals surface area contributed by atoms with Gasteiger partial charge in [0.2, 0.25) is 5.91 Å². The van der Waals surface area contributed by atoms with Crippen molar-refractivity contribution in [3.8, 4) is 0 Å². The van der Waals surface area contributed by atoms with Gasteiger partial charge in [0.05, 0.1) is 0 Å². The van der Waals surface area contributed by atoms with Crippen molar-refractivity contribution < 1.29 is 9.59 Å². The summed E-state index contributed by atoms with van der Waals surface area (Å²) >= 11 is 6.00. The maximum absolute atomic E-state index is 12.7. The average Bonchev–Trinajstić information content (AvgIpc) is 2.45. The number of carbonyl (C=O) groups excluding carboxylic acids is 2. The standard InChI is InChI=1S/C15H20ClN3O2/c1-9(2)11-7-10(8-13(16)18-11)15(21)19-6-4-3-5-12(19)14(17)20/h7-9,12H,3-6H2,1-2H3,(H2,17,20). The molecule has 1 aromatic rings. The highest BCUT2D eigenvalue weighted by Crippen LogP contribution is 2.23. The van der Waals surface area contributed by atoms with Crippen LogP contribution in [0.4, 0.5) is 0 Å². The topological polar surface area (TPSA) is 76.3 Å². The van der Waals surface area contributed by atoms with E-state index in [0.29, 0.717) is 18.5 Å². The fourth-order valence-electron chi connectivity index (χ4n) is 2.57. The van der Waals surface area contributed by atoms with E-state index in [1.54, 1.807) is 17.0 Å². The highest BCUT2D eigenvalue weighted by atomic mass is 35.5. The molecule has 0 radical (unpaired) electrons. The number of hydrogen-bond acceptors (Lipinski definition) is 3. The number of nitrogens with zero attached hydrogens (tertiary/aromatic N) is 2. The minimum Gasteiger partial charge on any atom is -0.368 e. The first-order valence-corrected chi connectivity index (χ1v) is 7.55. The Balaban J connectivity index is 2.32. The lowest BCUT2D eigenvalue weighted by Crippen LogP contribution is -2.50. The molecule has 0 aromatic carbocycles. The molecule has 2 rings (SSSR count). The number of amides is 2. The Hall–Kier alpha value is -1.62. The summed E-state index contributed by atoms with van der Waals surface area (Å²) in [6.07, 6.45) is 2.41. The van der Waals surface area contributed by atoms with Crippen molar-refractivity contribution in [2.75, 3.05) is 6.54 Å².